The highest BCUT2D eigenvalue weighted by molar-refractivity contribution is 6.33. The first-order valence-electron chi connectivity index (χ1n) is 7.21. The Morgan fingerprint density at radius 3 is 2.71 bits per heavy atom. The first kappa shape index (κ1) is 17.4. The number of nitriles is 1. The predicted molar refractivity (Wildman–Crippen MR) is 97.7 cm³/mol. The molecule has 1 amide bonds. The van der Waals surface area contributed by atoms with Crippen molar-refractivity contribution in [2.24, 2.45) is 0 Å². The normalized spacial score (nSPS) is 10.8. The molecule has 122 valence electrons. The van der Waals surface area contributed by atoms with Crippen LogP contribution in [0.5, 0.6) is 0 Å². The highest BCUT2D eigenvalue weighted by Crippen LogP contribution is 2.23. The molecule has 0 aliphatic heterocycles. The molecule has 0 spiro atoms. The summed E-state index contributed by atoms with van der Waals surface area (Å²) in [6.45, 7) is 3.87. The second kappa shape index (κ2) is 7.53. The minimum atomic E-state index is -0.486. The molecule has 24 heavy (non-hydrogen) atoms. The molecule has 6 heteroatoms. The summed E-state index contributed by atoms with van der Waals surface area (Å²) < 4.78 is 0. The zero-order valence-electron chi connectivity index (χ0n) is 13.4. The Morgan fingerprint density at radius 2 is 2.04 bits per heavy atom. The van der Waals surface area contributed by atoms with Gasteiger partial charge in [-0.15, -0.1) is 0 Å². The fourth-order valence-electron chi connectivity index (χ4n) is 2.00. The van der Waals surface area contributed by atoms with Crippen LogP contribution in [-0.2, 0) is 4.79 Å². The molecule has 0 aromatic heterocycles. The van der Waals surface area contributed by atoms with Crippen LogP contribution in [0.15, 0.2) is 48.2 Å². The van der Waals surface area contributed by atoms with Crippen LogP contribution in [0.3, 0.4) is 0 Å². The lowest BCUT2D eigenvalue weighted by molar-refractivity contribution is -0.112. The summed E-state index contributed by atoms with van der Waals surface area (Å²) in [5.74, 6) is -0.486. The van der Waals surface area contributed by atoms with Gasteiger partial charge in [0, 0.05) is 17.6 Å². The number of amides is 1. The van der Waals surface area contributed by atoms with Crippen LogP contribution < -0.4 is 16.4 Å². The van der Waals surface area contributed by atoms with Gasteiger partial charge in [-0.2, -0.15) is 5.26 Å². The molecule has 2 rings (SSSR count). The van der Waals surface area contributed by atoms with Crippen molar-refractivity contribution in [2.75, 3.05) is 16.4 Å². The average Bonchev–Trinajstić information content (AvgIpc) is 2.55. The molecule has 0 heterocycles. The Kier molecular flexibility index (Phi) is 5.46. The number of nitrogens with zero attached hydrogens (tertiary/aromatic N) is 1. The van der Waals surface area contributed by atoms with Crippen molar-refractivity contribution in [3.63, 3.8) is 0 Å². The van der Waals surface area contributed by atoms with Crippen molar-refractivity contribution in [2.45, 2.75) is 13.8 Å². The van der Waals surface area contributed by atoms with Gasteiger partial charge in [-0.1, -0.05) is 23.7 Å². The van der Waals surface area contributed by atoms with Crippen LogP contribution in [0.2, 0.25) is 5.02 Å². The van der Waals surface area contributed by atoms with Crippen LogP contribution in [0.1, 0.15) is 11.1 Å². The van der Waals surface area contributed by atoms with E-state index < -0.39 is 5.91 Å². The number of hydrogen-bond donors (Lipinski definition) is 3. The lowest BCUT2D eigenvalue weighted by Crippen LogP contribution is -2.15. The quantitative estimate of drug-likeness (QED) is 0.445. The Balaban J connectivity index is 2.15. The van der Waals surface area contributed by atoms with Crippen LogP contribution >= 0.6 is 11.6 Å². The standard InChI is InChI=1S/C18H17ClN4O/c1-11-4-3-5-17(12(11)2)23-18(24)13(9-20)10-22-14-6-7-16(21)15(19)8-14/h3-8,10,22H,21H2,1-2H3,(H,23,24)/b13-10-. The number of aryl methyl sites for hydroxylation is 1. The third-order valence-electron chi connectivity index (χ3n) is 3.60. The molecule has 0 unspecified atom stereocenters. The van der Waals surface area contributed by atoms with Gasteiger partial charge in [0.05, 0.1) is 10.7 Å². The molecule has 5 nitrogen and oxygen atoms in total. The van der Waals surface area contributed by atoms with E-state index in [-0.39, 0.29) is 5.57 Å². The lowest BCUT2D eigenvalue weighted by atomic mass is 10.1. The topological polar surface area (TPSA) is 90.9 Å². The second-order valence-corrected chi connectivity index (χ2v) is 5.66. The largest absolute Gasteiger partial charge is 0.398 e. The molecule has 2 aromatic rings. The molecule has 0 atom stereocenters. The lowest BCUT2D eigenvalue weighted by Gasteiger charge is -2.10. The summed E-state index contributed by atoms with van der Waals surface area (Å²) in [7, 11) is 0. The van der Waals surface area contributed by atoms with Crippen LogP contribution in [0.4, 0.5) is 17.1 Å². The zero-order valence-corrected chi connectivity index (χ0v) is 14.1. The molecular formula is C18H17ClN4O. The number of rotatable bonds is 4. The summed E-state index contributed by atoms with van der Waals surface area (Å²) in [4.78, 5) is 12.3. The van der Waals surface area contributed by atoms with Crippen LogP contribution in [0, 0.1) is 25.2 Å². The molecule has 4 N–H and O–H groups in total. The summed E-state index contributed by atoms with van der Waals surface area (Å²) in [6, 6.07) is 12.4. The summed E-state index contributed by atoms with van der Waals surface area (Å²) in [5, 5.41) is 15.2. The van der Waals surface area contributed by atoms with Crippen molar-refractivity contribution in [1.82, 2.24) is 0 Å². The minimum Gasteiger partial charge on any atom is -0.398 e. The van der Waals surface area contributed by atoms with E-state index in [1.54, 1.807) is 24.3 Å². The van der Waals surface area contributed by atoms with E-state index in [4.69, 9.17) is 17.3 Å². The number of benzene rings is 2. The number of anilines is 3. The van der Waals surface area contributed by atoms with Crippen LogP contribution in [-0.4, -0.2) is 5.91 Å². The molecule has 0 saturated heterocycles. The molecule has 0 aliphatic carbocycles. The van der Waals surface area contributed by atoms with Gasteiger partial charge in [-0.25, -0.2) is 0 Å². The Labute approximate surface area is 145 Å². The fraction of sp³-hybridized carbons (Fsp3) is 0.111. The molecule has 0 fully saturated rings. The van der Waals surface area contributed by atoms with Crippen molar-refractivity contribution in [3.05, 3.63) is 64.3 Å². The number of carbonyl (C=O) groups is 1. The van der Waals surface area contributed by atoms with Gasteiger partial charge < -0.3 is 16.4 Å². The highest BCUT2D eigenvalue weighted by atomic mass is 35.5. The zero-order chi connectivity index (χ0) is 17.7. The van der Waals surface area contributed by atoms with Gasteiger partial charge in [-0.3, -0.25) is 4.79 Å². The number of carbonyl (C=O) groups excluding carboxylic acids is 1. The molecule has 2 aromatic carbocycles. The monoisotopic (exact) mass is 340 g/mol. The first-order chi connectivity index (χ1) is 11.4. The highest BCUT2D eigenvalue weighted by Gasteiger charge is 2.11. The van der Waals surface area contributed by atoms with Crippen molar-refractivity contribution in [3.8, 4) is 6.07 Å². The van der Waals surface area contributed by atoms with Gasteiger partial charge in [0.15, 0.2) is 0 Å². The number of nitrogen functional groups attached to an aromatic ring is 1. The molecule has 0 saturated carbocycles. The third-order valence-corrected chi connectivity index (χ3v) is 3.93. The fourth-order valence-corrected chi connectivity index (χ4v) is 2.18. The van der Waals surface area contributed by atoms with Crippen molar-refractivity contribution in [1.29, 1.82) is 5.26 Å². The van der Waals surface area contributed by atoms with Gasteiger partial charge in [0.25, 0.3) is 5.91 Å². The van der Waals surface area contributed by atoms with E-state index in [2.05, 4.69) is 10.6 Å². The number of hydrogen-bond acceptors (Lipinski definition) is 4. The number of nitrogens with one attached hydrogen (secondary N) is 2. The molecule has 0 bridgehead atoms. The Hall–Kier alpha value is -2.97. The van der Waals surface area contributed by atoms with Crippen molar-refractivity contribution >= 4 is 34.6 Å². The maximum absolute atomic E-state index is 12.3. The molecule has 0 radical (unpaired) electrons. The second-order valence-electron chi connectivity index (χ2n) is 5.25. The maximum atomic E-state index is 12.3. The minimum absolute atomic E-state index is 0.0520. The average molecular weight is 341 g/mol. The van der Waals surface area contributed by atoms with Gasteiger partial charge in [0.1, 0.15) is 11.6 Å². The van der Waals surface area contributed by atoms with Crippen LogP contribution in [0.25, 0.3) is 0 Å². The van der Waals surface area contributed by atoms with E-state index in [1.807, 2.05) is 32.0 Å². The number of halogens is 1. The van der Waals surface area contributed by atoms with Gasteiger partial charge in [-0.05, 0) is 49.2 Å². The van der Waals surface area contributed by atoms with Gasteiger partial charge >= 0.3 is 0 Å². The van der Waals surface area contributed by atoms with E-state index in [1.165, 1.54) is 6.20 Å². The van der Waals surface area contributed by atoms with E-state index in [9.17, 15) is 10.1 Å². The van der Waals surface area contributed by atoms with Gasteiger partial charge in [0.2, 0.25) is 0 Å². The maximum Gasteiger partial charge on any atom is 0.267 e. The Bertz CT molecular complexity index is 853. The third kappa shape index (κ3) is 4.06. The number of nitrogens with two attached hydrogens (primary N) is 1. The summed E-state index contributed by atoms with van der Waals surface area (Å²) in [5.41, 5.74) is 9.37. The van der Waals surface area contributed by atoms with E-state index >= 15 is 0 Å². The summed E-state index contributed by atoms with van der Waals surface area (Å²) >= 11 is 5.94. The molecule has 0 aliphatic rings. The first-order valence-corrected chi connectivity index (χ1v) is 7.59. The van der Waals surface area contributed by atoms with E-state index in [0.717, 1.165) is 11.1 Å². The smallest absolute Gasteiger partial charge is 0.267 e. The van der Waals surface area contributed by atoms with E-state index in [0.29, 0.717) is 22.1 Å². The Morgan fingerprint density at radius 1 is 1.29 bits per heavy atom. The predicted octanol–water partition coefficient (Wildman–Crippen LogP) is 4.00. The summed E-state index contributed by atoms with van der Waals surface area (Å²) in [6.07, 6.45) is 1.34. The SMILES string of the molecule is Cc1cccc(NC(=O)/C(C#N)=C\Nc2ccc(N)c(Cl)c2)c1C. The van der Waals surface area contributed by atoms with Crippen molar-refractivity contribution < 1.29 is 4.79 Å². The molecular weight excluding hydrogens is 324 g/mol.